The van der Waals surface area contributed by atoms with Gasteiger partial charge in [-0.3, -0.25) is 0 Å². The average Bonchev–Trinajstić information content (AvgIpc) is 2.34. The van der Waals surface area contributed by atoms with E-state index in [9.17, 15) is 4.39 Å². The SMILES string of the molecule is Cc1cccc(C)c1COc1cc(F)c(Br)cc1N. The topological polar surface area (TPSA) is 35.2 Å². The lowest BCUT2D eigenvalue weighted by Crippen LogP contribution is -2.03. The highest BCUT2D eigenvalue weighted by Gasteiger charge is 2.09. The summed E-state index contributed by atoms with van der Waals surface area (Å²) in [4.78, 5) is 0. The fraction of sp³-hybridized carbons (Fsp3) is 0.200. The van der Waals surface area contributed by atoms with Crippen LogP contribution in [0.5, 0.6) is 5.75 Å². The van der Waals surface area contributed by atoms with E-state index in [4.69, 9.17) is 10.5 Å². The van der Waals surface area contributed by atoms with Gasteiger partial charge < -0.3 is 10.5 Å². The highest BCUT2D eigenvalue weighted by molar-refractivity contribution is 9.10. The molecule has 0 saturated heterocycles. The largest absolute Gasteiger partial charge is 0.487 e. The second kappa shape index (κ2) is 5.61. The summed E-state index contributed by atoms with van der Waals surface area (Å²) in [6.45, 7) is 4.43. The van der Waals surface area contributed by atoms with Gasteiger partial charge in [0.05, 0.1) is 10.2 Å². The van der Waals surface area contributed by atoms with Crippen LogP contribution in [-0.4, -0.2) is 0 Å². The first-order chi connectivity index (χ1) is 8.99. The van der Waals surface area contributed by atoms with E-state index in [0.717, 1.165) is 16.7 Å². The van der Waals surface area contributed by atoms with E-state index in [1.165, 1.54) is 12.1 Å². The van der Waals surface area contributed by atoms with Crippen LogP contribution in [-0.2, 0) is 6.61 Å². The molecule has 2 aromatic rings. The molecule has 0 bridgehead atoms. The fourth-order valence-electron chi connectivity index (χ4n) is 1.90. The van der Waals surface area contributed by atoms with Gasteiger partial charge in [0, 0.05) is 6.07 Å². The summed E-state index contributed by atoms with van der Waals surface area (Å²) >= 11 is 3.09. The van der Waals surface area contributed by atoms with Crippen LogP contribution in [0.4, 0.5) is 10.1 Å². The number of benzene rings is 2. The van der Waals surface area contributed by atoms with Gasteiger partial charge in [0.15, 0.2) is 0 Å². The predicted molar refractivity (Wildman–Crippen MR) is 78.8 cm³/mol. The van der Waals surface area contributed by atoms with Crippen LogP contribution in [0.1, 0.15) is 16.7 Å². The van der Waals surface area contributed by atoms with Crippen LogP contribution in [0, 0.1) is 19.7 Å². The molecule has 0 fully saturated rings. The summed E-state index contributed by atoms with van der Waals surface area (Å²) in [5, 5.41) is 0. The van der Waals surface area contributed by atoms with Gasteiger partial charge in [-0.2, -0.15) is 0 Å². The van der Waals surface area contributed by atoms with Gasteiger partial charge in [0.25, 0.3) is 0 Å². The maximum atomic E-state index is 13.5. The van der Waals surface area contributed by atoms with Crippen LogP contribution >= 0.6 is 15.9 Å². The van der Waals surface area contributed by atoms with E-state index in [1.54, 1.807) is 0 Å². The predicted octanol–water partition coefficient (Wildman–Crippen LogP) is 4.37. The Balaban J connectivity index is 2.22. The number of anilines is 1. The summed E-state index contributed by atoms with van der Waals surface area (Å²) < 4.78 is 19.4. The molecule has 2 nitrogen and oxygen atoms in total. The smallest absolute Gasteiger partial charge is 0.145 e. The van der Waals surface area contributed by atoms with Crippen molar-refractivity contribution in [1.82, 2.24) is 0 Å². The molecule has 2 aromatic carbocycles. The van der Waals surface area contributed by atoms with Gasteiger partial charge in [-0.15, -0.1) is 0 Å². The minimum atomic E-state index is -0.384. The lowest BCUT2D eigenvalue weighted by atomic mass is 10.0. The third-order valence-electron chi connectivity index (χ3n) is 3.07. The van der Waals surface area contributed by atoms with Crippen molar-refractivity contribution in [2.75, 3.05) is 5.73 Å². The Labute approximate surface area is 120 Å². The first kappa shape index (κ1) is 13.9. The molecule has 2 rings (SSSR count). The molecule has 0 amide bonds. The Kier molecular flexibility index (Phi) is 4.10. The van der Waals surface area contributed by atoms with Crippen molar-refractivity contribution in [3.05, 3.63) is 57.3 Å². The summed E-state index contributed by atoms with van der Waals surface area (Å²) in [6.07, 6.45) is 0. The first-order valence-corrected chi connectivity index (χ1v) is 6.70. The molecule has 0 radical (unpaired) electrons. The zero-order chi connectivity index (χ0) is 14.0. The summed E-state index contributed by atoms with van der Waals surface area (Å²) in [7, 11) is 0. The van der Waals surface area contributed by atoms with Gasteiger partial charge in [-0.05, 0) is 52.5 Å². The van der Waals surface area contributed by atoms with Crippen molar-refractivity contribution < 1.29 is 9.13 Å². The fourth-order valence-corrected chi connectivity index (χ4v) is 2.26. The van der Waals surface area contributed by atoms with E-state index in [1.807, 2.05) is 32.0 Å². The minimum Gasteiger partial charge on any atom is -0.487 e. The number of nitrogen functional groups attached to an aromatic ring is 1. The molecule has 0 atom stereocenters. The Bertz CT molecular complexity index is 593. The standard InChI is InChI=1S/C15H15BrFNO/c1-9-4-3-5-10(2)11(9)8-19-15-7-13(17)12(16)6-14(15)18/h3-7H,8,18H2,1-2H3. The number of halogens is 2. The first-order valence-electron chi connectivity index (χ1n) is 5.91. The van der Waals surface area contributed by atoms with Gasteiger partial charge in [0.2, 0.25) is 0 Å². The number of rotatable bonds is 3. The average molecular weight is 324 g/mol. The summed E-state index contributed by atoms with van der Waals surface area (Å²) in [5.74, 6) is -0.0194. The van der Waals surface area contributed by atoms with E-state index < -0.39 is 0 Å². The number of ether oxygens (including phenoxy) is 1. The van der Waals surface area contributed by atoms with Crippen molar-refractivity contribution in [2.45, 2.75) is 20.5 Å². The zero-order valence-corrected chi connectivity index (χ0v) is 12.4. The third-order valence-corrected chi connectivity index (χ3v) is 3.68. The van der Waals surface area contributed by atoms with Crippen molar-refractivity contribution >= 4 is 21.6 Å². The van der Waals surface area contributed by atoms with Gasteiger partial charge in [-0.1, -0.05) is 18.2 Å². The summed E-state index contributed by atoms with van der Waals surface area (Å²) in [5.41, 5.74) is 9.63. The minimum absolute atomic E-state index is 0.337. The van der Waals surface area contributed by atoms with Crippen LogP contribution < -0.4 is 10.5 Å². The molecule has 0 heterocycles. The molecule has 0 aromatic heterocycles. The van der Waals surface area contributed by atoms with E-state index in [-0.39, 0.29) is 5.82 Å². The third kappa shape index (κ3) is 3.07. The number of hydrogen-bond acceptors (Lipinski definition) is 2. The van der Waals surface area contributed by atoms with Crippen LogP contribution in [0.25, 0.3) is 0 Å². The molecule has 0 aliphatic carbocycles. The molecule has 2 N–H and O–H groups in total. The Morgan fingerprint density at radius 2 is 1.84 bits per heavy atom. The molecular weight excluding hydrogens is 309 g/mol. The number of nitrogens with two attached hydrogens (primary N) is 1. The second-order valence-electron chi connectivity index (χ2n) is 4.46. The molecule has 0 spiro atoms. The van der Waals surface area contributed by atoms with Gasteiger partial charge in [0.1, 0.15) is 18.2 Å². The van der Waals surface area contributed by atoms with Crippen LogP contribution in [0.3, 0.4) is 0 Å². The van der Waals surface area contributed by atoms with E-state index in [2.05, 4.69) is 15.9 Å². The number of aryl methyl sites for hydroxylation is 2. The quantitative estimate of drug-likeness (QED) is 0.851. The Hall–Kier alpha value is -1.55. The Morgan fingerprint density at radius 1 is 1.21 bits per heavy atom. The van der Waals surface area contributed by atoms with Crippen LogP contribution in [0.2, 0.25) is 0 Å². The highest BCUT2D eigenvalue weighted by Crippen LogP contribution is 2.29. The maximum Gasteiger partial charge on any atom is 0.145 e. The highest BCUT2D eigenvalue weighted by atomic mass is 79.9. The molecule has 19 heavy (non-hydrogen) atoms. The lowest BCUT2D eigenvalue weighted by molar-refractivity contribution is 0.304. The zero-order valence-electron chi connectivity index (χ0n) is 10.8. The molecule has 4 heteroatoms. The van der Waals surface area contributed by atoms with Crippen molar-refractivity contribution in [2.24, 2.45) is 0 Å². The monoisotopic (exact) mass is 323 g/mol. The van der Waals surface area contributed by atoms with Gasteiger partial charge >= 0.3 is 0 Å². The molecule has 0 saturated carbocycles. The van der Waals surface area contributed by atoms with Crippen molar-refractivity contribution in [3.63, 3.8) is 0 Å². The van der Waals surface area contributed by atoms with Gasteiger partial charge in [-0.25, -0.2) is 4.39 Å². The molecule has 100 valence electrons. The Morgan fingerprint density at radius 3 is 2.47 bits per heavy atom. The van der Waals surface area contributed by atoms with Crippen LogP contribution in [0.15, 0.2) is 34.8 Å². The summed E-state index contributed by atoms with van der Waals surface area (Å²) in [6, 6.07) is 8.86. The normalized spacial score (nSPS) is 10.5. The molecular formula is C15H15BrFNO. The molecule has 0 aliphatic heterocycles. The number of hydrogen-bond donors (Lipinski definition) is 1. The molecule has 0 aliphatic rings. The maximum absolute atomic E-state index is 13.5. The lowest BCUT2D eigenvalue weighted by Gasteiger charge is -2.13. The molecule has 0 unspecified atom stereocenters. The van der Waals surface area contributed by atoms with Crippen molar-refractivity contribution in [3.8, 4) is 5.75 Å². The van der Waals surface area contributed by atoms with Crippen molar-refractivity contribution in [1.29, 1.82) is 0 Å². The second-order valence-corrected chi connectivity index (χ2v) is 5.32. The van der Waals surface area contributed by atoms with E-state index >= 15 is 0 Å². The van der Waals surface area contributed by atoms with E-state index in [0.29, 0.717) is 22.5 Å².